The van der Waals surface area contributed by atoms with Crippen LogP contribution in [0.5, 0.6) is 0 Å². The molecule has 7 nitrogen and oxygen atoms in total. The Hall–Kier alpha value is -1.89. The molecule has 0 spiro atoms. The zero-order chi connectivity index (χ0) is 17.2. The van der Waals surface area contributed by atoms with Crippen LogP contribution in [0.2, 0.25) is 0 Å². The van der Waals surface area contributed by atoms with Crippen LogP contribution in [-0.2, 0) is 29.2 Å². The van der Waals surface area contributed by atoms with Crippen molar-refractivity contribution in [3.8, 4) is 0 Å². The number of amides is 2. The quantitative estimate of drug-likeness (QED) is 0.839. The molecule has 2 fully saturated rings. The maximum Gasteiger partial charge on any atom is 0.226 e. The van der Waals surface area contributed by atoms with Gasteiger partial charge in [-0.2, -0.15) is 5.10 Å². The van der Waals surface area contributed by atoms with Gasteiger partial charge in [-0.25, -0.2) is 0 Å². The van der Waals surface area contributed by atoms with E-state index in [1.54, 1.807) is 0 Å². The number of nitrogens with zero attached hydrogens (tertiary/aromatic N) is 3. The molecule has 0 radical (unpaired) electrons. The normalized spacial score (nSPS) is 23.7. The van der Waals surface area contributed by atoms with E-state index >= 15 is 0 Å². The van der Waals surface area contributed by atoms with Gasteiger partial charge in [-0.05, 0) is 38.3 Å². The van der Waals surface area contributed by atoms with Crippen LogP contribution in [0.15, 0.2) is 6.07 Å². The van der Waals surface area contributed by atoms with Gasteiger partial charge in [-0.15, -0.1) is 0 Å². The van der Waals surface area contributed by atoms with E-state index in [0.717, 1.165) is 63.3 Å². The summed E-state index contributed by atoms with van der Waals surface area (Å²) in [5.74, 6) is 0.740. The summed E-state index contributed by atoms with van der Waals surface area (Å²) in [7, 11) is 0. The molecule has 3 aliphatic rings. The fourth-order valence-electron chi connectivity index (χ4n) is 3.91. The molecule has 4 rings (SSSR count). The number of hydrogen-bond donors (Lipinski definition) is 2. The zero-order valence-corrected chi connectivity index (χ0v) is 14.7. The van der Waals surface area contributed by atoms with E-state index < -0.39 is 0 Å². The van der Waals surface area contributed by atoms with Gasteiger partial charge in [0.05, 0.1) is 30.4 Å². The van der Waals surface area contributed by atoms with Crippen LogP contribution in [0.3, 0.4) is 0 Å². The van der Waals surface area contributed by atoms with E-state index in [9.17, 15) is 9.59 Å². The average Bonchev–Trinajstić information content (AvgIpc) is 3.17. The van der Waals surface area contributed by atoms with E-state index in [1.807, 2.05) is 15.6 Å². The maximum atomic E-state index is 12.5. The molecule has 7 heteroatoms. The minimum atomic E-state index is 0.0797. The molecule has 1 aliphatic carbocycles. The van der Waals surface area contributed by atoms with Crippen LogP contribution in [0.4, 0.5) is 0 Å². The third-order valence-corrected chi connectivity index (χ3v) is 5.71. The summed E-state index contributed by atoms with van der Waals surface area (Å²) in [5.41, 5.74) is 1.96. The third kappa shape index (κ3) is 3.56. The molecule has 2 amide bonds. The molecule has 1 saturated heterocycles. The van der Waals surface area contributed by atoms with Crippen molar-refractivity contribution in [1.82, 2.24) is 25.3 Å². The first-order chi connectivity index (χ1) is 12.2. The number of nitrogens with one attached hydrogen (secondary N) is 2. The van der Waals surface area contributed by atoms with Gasteiger partial charge in [0.15, 0.2) is 0 Å². The van der Waals surface area contributed by atoms with Crippen molar-refractivity contribution in [3.05, 3.63) is 17.5 Å². The van der Waals surface area contributed by atoms with Crippen molar-refractivity contribution in [2.24, 2.45) is 11.8 Å². The minimum Gasteiger partial charge on any atom is -0.350 e. The van der Waals surface area contributed by atoms with Crippen LogP contribution in [0.25, 0.3) is 0 Å². The molecule has 2 N–H and O–H groups in total. The van der Waals surface area contributed by atoms with Gasteiger partial charge < -0.3 is 15.5 Å². The Labute approximate surface area is 148 Å². The number of aromatic nitrogens is 2. The van der Waals surface area contributed by atoms with Gasteiger partial charge >= 0.3 is 0 Å². The topological polar surface area (TPSA) is 79.3 Å². The van der Waals surface area contributed by atoms with Gasteiger partial charge in [0.1, 0.15) is 0 Å². The average molecular weight is 345 g/mol. The van der Waals surface area contributed by atoms with E-state index in [1.165, 1.54) is 6.42 Å². The second-order valence-corrected chi connectivity index (χ2v) is 7.50. The highest BCUT2D eigenvalue weighted by Gasteiger charge is 2.31. The first-order valence-electron chi connectivity index (χ1n) is 9.53. The number of carbonyl (C=O) groups is 2. The number of aryl methyl sites for hydroxylation is 1. The number of rotatable bonds is 4. The fourth-order valence-corrected chi connectivity index (χ4v) is 3.91. The van der Waals surface area contributed by atoms with Gasteiger partial charge in [0, 0.05) is 25.6 Å². The van der Waals surface area contributed by atoms with Crippen molar-refractivity contribution in [3.63, 3.8) is 0 Å². The van der Waals surface area contributed by atoms with Crippen LogP contribution in [-0.4, -0.2) is 46.1 Å². The van der Waals surface area contributed by atoms with Gasteiger partial charge in [0.25, 0.3) is 0 Å². The highest BCUT2D eigenvalue weighted by atomic mass is 16.2. The Morgan fingerprint density at radius 2 is 2.08 bits per heavy atom. The lowest BCUT2D eigenvalue weighted by Crippen LogP contribution is -2.38. The van der Waals surface area contributed by atoms with Gasteiger partial charge in [0.2, 0.25) is 11.8 Å². The maximum absolute atomic E-state index is 12.5. The summed E-state index contributed by atoms with van der Waals surface area (Å²) < 4.78 is 2.01. The van der Waals surface area contributed by atoms with E-state index in [2.05, 4.69) is 15.7 Å². The highest BCUT2D eigenvalue weighted by Crippen LogP contribution is 2.29. The largest absolute Gasteiger partial charge is 0.350 e. The Morgan fingerprint density at radius 3 is 2.80 bits per heavy atom. The Bertz CT molecular complexity index is 646. The van der Waals surface area contributed by atoms with Crippen LogP contribution in [0, 0.1) is 11.8 Å². The molecule has 136 valence electrons. The first kappa shape index (κ1) is 16.6. The SMILES string of the molecule is O=C(NCc1cc2n(n1)CCCN(C(=O)C1CCC1)C2)[C@@H]1CCNC1. The second-order valence-electron chi connectivity index (χ2n) is 7.50. The zero-order valence-electron chi connectivity index (χ0n) is 14.7. The van der Waals surface area contributed by atoms with Crippen molar-refractivity contribution >= 4 is 11.8 Å². The number of fused-ring (bicyclic) bond motifs is 1. The fraction of sp³-hybridized carbons (Fsp3) is 0.722. The summed E-state index contributed by atoms with van der Waals surface area (Å²) in [5, 5.41) is 10.8. The lowest BCUT2D eigenvalue weighted by atomic mass is 9.84. The monoisotopic (exact) mass is 345 g/mol. The molecule has 3 heterocycles. The summed E-state index contributed by atoms with van der Waals surface area (Å²) in [6.45, 7) is 4.45. The molecular formula is C18H27N5O2. The molecule has 0 unspecified atom stereocenters. The van der Waals surface area contributed by atoms with Gasteiger partial charge in [-0.3, -0.25) is 14.3 Å². The summed E-state index contributed by atoms with van der Waals surface area (Å²) >= 11 is 0. The second kappa shape index (κ2) is 7.15. The summed E-state index contributed by atoms with van der Waals surface area (Å²) in [4.78, 5) is 26.7. The van der Waals surface area contributed by atoms with E-state index in [-0.39, 0.29) is 17.7 Å². The molecule has 2 aliphatic heterocycles. The van der Waals surface area contributed by atoms with Crippen molar-refractivity contribution in [1.29, 1.82) is 0 Å². The van der Waals surface area contributed by atoms with Crippen molar-refractivity contribution in [2.45, 2.75) is 51.7 Å². The van der Waals surface area contributed by atoms with Crippen LogP contribution in [0.1, 0.15) is 43.5 Å². The molecule has 1 aromatic rings. The number of carbonyl (C=O) groups excluding carboxylic acids is 2. The Morgan fingerprint density at radius 1 is 1.20 bits per heavy atom. The Balaban J connectivity index is 1.37. The lowest BCUT2D eigenvalue weighted by molar-refractivity contribution is -0.138. The summed E-state index contributed by atoms with van der Waals surface area (Å²) in [6.07, 6.45) is 5.11. The third-order valence-electron chi connectivity index (χ3n) is 5.71. The molecule has 1 aromatic heterocycles. The molecule has 0 aromatic carbocycles. The minimum absolute atomic E-state index is 0.0797. The van der Waals surface area contributed by atoms with E-state index in [4.69, 9.17) is 0 Å². The van der Waals surface area contributed by atoms with Crippen LogP contribution < -0.4 is 10.6 Å². The standard InChI is InChI=1S/C18H27N5O2/c24-17(14-5-6-19-10-14)20-11-15-9-16-12-22(7-2-8-23(16)21-15)18(25)13-3-1-4-13/h9,13-14,19H,1-8,10-12H2,(H,20,24)/t14-/m1/s1. The lowest BCUT2D eigenvalue weighted by Gasteiger charge is -2.30. The predicted molar refractivity (Wildman–Crippen MR) is 92.4 cm³/mol. The molecule has 1 saturated carbocycles. The van der Waals surface area contributed by atoms with Crippen molar-refractivity contribution in [2.75, 3.05) is 19.6 Å². The predicted octanol–water partition coefficient (Wildman–Crippen LogP) is 0.641. The molecular weight excluding hydrogens is 318 g/mol. The first-order valence-corrected chi connectivity index (χ1v) is 9.53. The smallest absolute Gasteiger partial charge is 0.226 e. The Kier molecular flexibility index (Phi) is 4.74. The van der Waals surface area contributed by atoms with E-state index in [0.29, 0.717) is 19.0 Å². The molecule has 1 atom stereocenters. The summed E-state index contributed by atoms with van der Waals surface area (Å²) in [6, 6.07) is 2.04. The molecule has 25 heavy (non-hydrogen) atoms. The van der Waals surface area contributed by atoms with Crippen LogP contribution >= 0.6 is 0 Å². The molecule has 0 bridgehead atoms. The van der Waals surface area contributed by atoms with Gasteiger partial charge in [-0.1, -0.05) is 6.42 Å². The number of hydrogen-bond acceptors (Lipinski definition) is 4. The van der Waals surface area contributed by atoms with Crippen molar-refractivity contribution < 1.29 is 9.59 Å². The highest BCUT2D eigenvalue weighted by molar-refractivity contribution is 5.80.